The number of halogens is 1. The summed E-state index contributed by atoms with van der Waals surface area (Å²) in [6, 6.07) is 8.83. The summed E-state index contributed by atoms with van der Waals surface area (Å²) < 4.78 is 33.3. The molecule has 8 heteroatoms. The fourth-order valence-electron chi connectivity index (χ4n) is 1.93. The molecule has 2 N–H and O–H groups in total. The summed E-state index contributed by atoms with van der Waals surface area (Å²) in [5, 5.41) is 9.03. The maximum atomic E-state index is 12.6. The molecule has 2 aromatic carbocycles. The molecule has 0 spiro atoms. The minimum atomic E-state index is -3.94. The second-order valence-corrected chi connectivity index (χ2v) is 7.30. The summed E-state index contributed by atoms with van der Waals surface area (Å²) in [5.74, 6) is -0.946. The standard InChI is InChI=1S/C15H14BrNO5S/c1-9-3-4-10(15(18)19)7-12(9)17-23(20,21)14-8-11(16)5-6-13(14)22-2/h3-8,17H,1-2H3,(H,18,19). The Morgan fingerprint density at radius 1 is 1.22 bits per heavy atom. The molecule has 0 aromatic heterocycles. The van der Waals surface area contributed by atoms with E-state index in [1.54, 1.807) is 19.1 Å². The molecule has 0 saturated carbocycles. The second kappa shape index (κ2) is 6.59. The van der Waals surface area contributed by atoms with E-state index in [4.69, 9.17) is 9.84 Å². The molecule has 0 atom stereocenters. The van der Waals surface area contributed by atoms with Crippen molar-refractivity contribution in [2.45, 2.75) is 11.8 Å². The first kappa shape index (κ1) is 17.3. The number of carboxylic acids is 1. The van der Waals surface area contributed by atoms with Crippen molar-refractivity contribution in [3.8, 4) is 5.75 Å². The fraction of sp³-hybridized carbons (Fsp3) is 0.133. The van der Waals surface area contributed by atoms with Gasteiger partial charge in [0.05, 0.1) is 18.4 Å². The van der Waals surface area contributed by atoms with E-state index >= 15 is 0 Å². The van der Waals surface area contributed by atoms with Crippen molar-refractivity contribution < 1.29 is 23.1 Å². The first-order valence-corrected chi connectivity index (χ1v) is 8.72. The Morgan fingerprint density at radius 3 is 2.52 bits per heavy atom. The Balaban J connectivity index is 2.49. The summed E-state index contributed by atoms with van der Waals surface area (Å²) >= 11 is 3.22. The molecule has 2 aromatic rings. The van der Waals surface area contributed by atoms with Crippen LogP contribution in [0.4, 0.5) is 5.69 Å². The van der Waals surface area contributed by atoms with Gasteiger partial charge in [-0.05, 0) is 42.8 Å². The number of methoxy groups -OCH3 is 1. The van der Waals surface area contributed by atoms with Crippen LogP contribution in [0.15, 0.2) is 45.8 Å². The molecular formula is C15H14BrNO5S. The number of aryl methyl sites for hydroxylation is 1. The van der Waals surface area contributed by atoms with E-state index in [1.165, 1.54) is 31.4 Å². The van der Waals surface area contributed by atoms with Crippen molar-refractivity contribution in [3.05, 3.63) is 52.0 Å². The predicted molar refractivity (Wildman–Crippen MR) is 89.6 cm³/mol. The van der Waals surface area contributed by atoms with Crippen LogP contribution in [0.25, 0.3) is 0 Å². The van der Waals surface area contributed by atoms with Crippen LogP contribution in [0.2, 0.25) is 0 Å². The van der Waals surface area contributed by atoms with Crippen LogP contribution in [-0.4, -0.2) is 26.6 Å². The normalized spacial score (nSPS) is 11.1. The first-order chi connectivity index (χ1) is 10.7. The molecule has 0 saturated heterocycles. The lowest BCUT2D eigenvalue weighted by molar-refractivity contribution is 0.0697. The molecule has 0 heterocycles. The third-order valence-corrected chi connectivity index (χ3v) is 5.02. The van der Waals surface area contributed by atoms with Crippen LogP contribution < -0.4 is 9.46 Å². The topological polar surface area (TPSA) is 92.7 Å². The molecule has 6 nitrogen and oxygen atoms in total. The van der Waals surface area contributed by atoms with Crippen molar-refractivity contribution in [2.75, 3.05) is 11.8 Å². The van der Waals surface area contributed by atoms with Crippen LogP contribution in [0.3, 0.4) is 0 Å². The Hall–Kier alpha value is -2.06. The summed E-state index contributed by atoms with van der Waals surface area (Å²) in [6.07, 6.45) is 0. The van der Waals surface area contributed by atoms with Gasteiger partial charge in [0.1, 0.15) is 10.6 Å². The van der Waals surface area contributed by atoms with Gasteiger partial charge in [-0.15, -0.1) is 0 Å². The molecular weight excluding hydrogens is 386 g/mol. The Morgan fingerprint density at radius 2 is 1.91 bits per heavy atom. The number of benzene rings is 2. The molecule has 0 amide bonds. The van der Waals surface area contributed by atoms with Crippen molar-refractivity contribution >= 4 is 37.6 Å². The zero-order valence-electron chi connectivity index (χ0n) is 12.3. The lowest BCUT2D eigenvalue weighted by Gasteiger charge is -2.14. The van der Waals surface area contributed by atoms with Gasteiger partial charge in [0.15, 0.2) is 0 Å². The average Bonchev–Trinajstić information content (AvgIpc) is 2.49. The number of anilines is 1. The van der Waals surface area contributed by atoms with Gasteiger partial charge in [-0.1, -0.05) is 22.0 Å². The second-order valence-electron chi connectivity index (χ2n) is 4.74. The van der Waals surface area contributed by atoms with E-state index in [1.807, 2.05) is 0 Å². The van der Waals surface area contributed by atoms with E-state index in [0.717, 1.165) is 0 Å². The van der Waals surface area contributed by atoms with Gasteiger partial charge < -0.3 is 9.84 Å². The van der Waals surface area contributed by atoms with Crippen LogP contribution in [0, 0.1) is 6.92 Å². The predicted octanol–water partition coefficient (Wildman–Crippen LogP) is 3.27. The maximum Gasteiger partial charge on any atom is 0.335 e. The molecule has 122 valence electrons. The highest BCUT2D eigenvalue weighted by Gasteiger charge is 2.21. The molecule has 0 unspecified atom stereocenters. The molecule has 0 aliphatic rings. The zero-order valence-corrected chi connectivity index (χ0v) is 14.7. The number of sulfonamides is 1. The van der Waals surface area contributed by atoms with E-state index in [-0.39, 0.29) is 21.9 Å². The van der Waals surface area contributed by atoms with Crippen LogP contribution in [-0.2, 0) is 10.0 Å². The van der Waals surface area contributed by atoms with Crippen molar-refractivity contribution in [1.82, 2.24) is 0 Å². The number of carbonyl (C=O) groups is 1. The van der Waals surface area contributed by atoms with E-state index < -0.39 is 16.0 Å². The van der Waals surface area contributed by atoms with Crippen molar-refractivity contribution in [3.63, 3.8) is 0 Å². The van der Waals surface area contributed by atoms with Crippen LogP contribution in [0.1, 0.15) is 15.9 Å². The fourth-order valence-corrected chi connectivity index (χ4v) is 3.76. The summed E-state index contributed by atoms with van der Waals surface area (Å²) in [5.41, 5.74) is 0.800. The highest BCUT2D eigenvalue weighted by atomic mass is 79.9. The number of rotatable bonds is 5. The molecule has 0 radical (unpaired) electrons. The van der Waals surface area contributed by atoms with Gasteiger partial charge in [-0.2, -0.15) is 0 Å². The third kappa shape index (κ3) is 3.83. The van der Waals surface area contributed by atoms with Crippen molar-refractivity contribution in [2.24, 2.45) is 0 Å². The Kier molecular flexibility index (Phi) is 4.96. The summed E-state index contributed by atoms with van der Waals surface area (Å²) in [6.45, 7) is 1.68. The molecule has 23 heavy (non-hydrogen) atoms. The van der Waals surface area contributed by atoms with Gasteiger partial charge in [0.25, 0.3) is 10.0 Å². The van der Waals surface area contributed by atoms with E-state index in [2.05, 4.69) is 20.7 Å². The summed E-state index contributed by atoms with van der Waals surface area (Å²) in [7, 11) is -2.57. The molecule has 0 aliphatic carbocycles. The molecule has 0 aliphatic heterocycles. The number of hydrogen-bond acceptors (Lipinski definition) is 4. The molecule has 0 bridgehead atoms. The Labute approximate surface area is 142 Å². The zero-order chi connectivity index (χ0) is 17.2. The minimum absolute atomic E-state index is 0.00509. The number of ether oxygens (including phenoxy) is 1. The minimum Gasteiger partial charge on any atom is -0.495 e. The van der Waals surface area contributed by atoms with Gasteiger partial charge in [0.2, 0.25) is 0 Å². The number of nitrogens with one attached hydrogen (secondary N) is 1. The van der Waals surface area contributed by atoms with Gasteiger partial charge in [-0.25, -0.2) is 13.2 Å². The smallest absolute Gasteiger partial charge is 0.335 e. The number of carboxylic acid groups (broad SMARTS) is 1. The van der Waals surface area contributed by atoms with Crippen molar-refractivity contribution in [1.29, 1.82) is 0 Å². The average molecular weight is 400 g/mol. The lowest BCUT2D eigenvalue weighted by atomic mass is 10.1. The first-order valence-electron chi connectivity index (χ1n) is 6.45. The van der Waals surface area contributed by atoms with Crippen LogP contribution in [0.5, 0.6) is 5.75 Å². The highest BCUT2D eigenvalue weighted by molar-refractivity contribution is 9.10. The molecule has 0 fully saturated rings. The van der Waals surface area contributed by atoms with E-state index in [0.29, 0.717) is 10.0 Å². The largest absolute Gasteiger partial charge is 0.495 e. The Bertz CT molecular complexity index is 864. The van der Waals surface area contributed by atoms with Gasteiger partial charge in [-0.3, -0.25) is 4.72 Å². The van der Waals surface area contributed by atoms with Gasteiger partial charge in [0, 0.05) is 4.47 Å². The number of aromatic carboxylic acids is 1. The quantitative estimate of drug-likeness (QED) is 0.804. The monoisotopic (exact) mass is 399 g/mol. The SMILES string of the molecule is COc1ccc(Br)cc1S(=O)(=O)Nc1cc(C(=O)O)ccc1C. The third-order valence-electron chi connectivity index (χ3n) is 3.14. The van der Waals surface area contributed by atoms with Gasteiger partial charge >= 0.3 is 5.97 Å². The maximum absolute atomic E-state index is 12.6. The lowest BCUT2D eigenvalue weighted by Crippen LogP contribution is -2.15. The molecule has 2 rings (SSSR count). The van der Waals surface area contributed by atoms with Crippen LogP contribution >= 0.6 is 15.9 Å². The number of hydrogen-bond donors (Lipinski definition) is 2. The highest BCUT2D eigenvalue weighted by Crippen LogP contribution is 2.29. The van der Waals surface area contributed by atoms with E-state index in [9.17, 15) is 13.2 Å². The summed E-state index contributed by atoms with van der Waals surface area (Å²) in [4.78, 5) is 11.0.